The second-order valence-electron chi connectivity index (χ2n) is 4.11. The van der Waals surface area contributed by atoms with Crippen LogP contribution in [0.5, 0.6) is 0 Å². The molecule has 0 amide bonds. The zero-order valence-corrected chi connectivity index (χ0v) is 12.0. The molecule has 2 aromatic rings. The van der Waals surface area contributed by atoms with E-state index in [1.807, 2.05) is 26.2 Å². The van der Waals surface area contributed by atoms with Crippen molar-refractivity contribution in [1.29, 1.82) is 0 Å². The predicted molar refractivity (Wildman–Crippen MR) is 74.0 cm³/mol. The van der Waals surface area contributed by atoms with Gasteiger partial charge in [0.05, 0.1) is 11.4 Å². The van der Waals surface area contributed by atoms with Crippen LogP contribution in [0.2, 0.25) is 0 Å². The topological polar surface area (TPSA) is 29.9 Å². The van der Waals surface area contributed by atoms with Crippen LogP contribution in [0.25, 0.3) is 0 Å². The van der Waals surface area contributed by atoms with E-state index in [9.17, 15) is 4.39 Å². The Morgan fingerprint density at radius 3 is 2.89 bits per heavy atom. The third-order valence-corrected chi connectivity index (χ3v) is 3.22. The molecule has 0 radical (unpaired) electrons. The van der Waals surface area contributed by atoms with Crippen LogP contribution in [0.1, 0.15) is 18.2 Å². The maximum absolute atomic E-state index is 13.6. The van der Waals surface area contributed by atoms with Gasteiger partial charge in [0.25, 0.3) is 0 Å². The van der Waals surface area contributed by atoms with Gasteiger partial charge in [0.2, 0.25) is 0 Å². The van der Waals surface area contributed by atoms with E-state index in [0.717, 1.165) is 22.3 Å². The first kappa shape index (κ1) is 13.1. The van der Waals surface area contributed by atoms with Crippen molar-refractivity contribution < 1.29 is 4.39 Å². The average Bonchev–Trinajstić information content (AvgIpc) is 2.68. The van der Waals surface area contributed by atoms with Crippen LogP contribution in [-0.4, -0.2) is 9.78 Å². The first-order valence-electron chi connectivity index (χ1n) is 5.80. The van der Waals surface area contributed by atoms with E-state index in [2.05, 4.69) is 26.3 Å². The summed E-state index contributed by atoms with van der Waals surface area (Å²) in [6.07, 6.45) is 2.77. The number of aromatic nitrogens is 2. The van der Waals surface area contributed by atoms with E-state index in [1.165, 1.54) is 6.07 Å². The number of rotatable bonds is 4. The van der Waals surface area contributed by atoms with Crippen molar-refractivity contribution in [2.45, 2.75) is 19.9 Å². The molecule has 18 heavy (non-hydrogen) atoms. The normalized spacial score (nSPS) is 10.7. The van der Waals surface area contributed by atoms with Gasteiger partial charge in [0.1, 0.15) is 5.82 Å². The largest absolute Gasteiger partial charge is 0.378 e. The van der Waals surface area contributed by atoms with Crippen molar-refractivity contribution in [3.05, 3.63) is 45.9 Å². The van der Waals surface area contributed by atoms with Crippen LogP contribution in [-0.2, 0) is 20.0 Å². The Balaban J connectivity index is 2.11. The Morgan fingerprint density at radius 1 is 1.44 bits per heavy atom. The SMILES string of the molecule is CCc1nn(C)cc1NCc1ccc(Br)cc1F. The highest BCUT2D eigenvalue weighted by Gasteiger charge is 2.07. The third kappa shape index (κ3) is 2.90. The number of benzene rings is 1. The van der Waals surface area contributed by atoms with Gasteiger partial charge in [-0.25, -0.2) is 4.39 Å². The molecular formula is C13H15BrFN3. The van der Waals surface area contributed by atoms with Crippen molar-refractivity contribution in [3.63, 3.8) is 0 Å². The minimum absolute atomic E-state index is 0.209. The molecule has 0 spiro atoms. The molecule has 0 aliphatic heterocycles. The Kier molecular flexibility index (Phi) is 4.01. The predicted octanol–water partition coefficient (Wildman–Crippen LogP) is 3.50. The summed E-state index contributed by atoms with van der Waals surface area (Å²) in [4.78, 5) is 0. The molecule has 0 bridgehead atoms. The lowest BCUT2D eigenvalue weighted by molar-refractivity contribution is 0.612. The second kappa shape index (κ2) is 5.52. The van der Waals surface area contributed by atoms with Gasteiger partial charge < -0.3 is 5.32 Å². The quantitative estimate of drug-likeness (QED) is 0.936. The zero-order valence-electron chi connectivity index (χ0n) is 10.4. The monoisotopic (exact) mass is 311 g/mol. The minimum atomic E-state index is -0.209. The maximum Gasteiger partial charge on any atom is 0.129 e. The fraction of sp³-hybridized carbons (Fsp3) is 0.308. The second-order valence-corrected chi connectivity index (χ2v) is 5.02. The van der Waals surface area contributed by atoms with Crippen molar-refractivity contribution in [2.75, 3.05) is 5.32 Å². The van der Waals surface area contributed by atoms with Crippen LogP contribution in [0.15, 0.2) is 28.9 Å². The summed E-state index contributed by atoms with van der Waals surface area (Å²) in [6, 6.07) is 5.08. The summed E-state index contributed by atoms with van der Waals surface area (Å²) in [5.41, 5.74) is 2.60. The number of nitrogens with one attached hydrogen (secondary N) is 1. The highest BCUT2D eigenvalue weighted by atomic mass is 79.9. The molecule has 0 aliphatic carbocycles. The number of hydrogen-bond acceptors (Lipinski definition) is 2. The third-order valence-electron chi connectivity index (χ3n) is 2.72. The molecule has 1 heterocycles. The zero-order chi connectivity index (χ0) is 13.1. The van der Waals surface area contributed by atoms with Crippen molar-refractivity contribution in [2.24, 2.45) is 7.05 Å². The summed E-state index contributed by atoms with van der Waals surface area (Å²) in [6.45, 7) is 2.51. The molecule has 2 rings (SSSR count). The van der Waals surface area contributed by atoms with E-state index < -0.39 is 0 Å². The summed E-state index contributed by atoms with van der Waals surface area (Å²) < 4.78 is 16.2. The molecule has 0 fully saturated rings. The molecule has 0 atom stereocenters. The number of aryl methyl sites for hydroxylation is 2. The lowest BCUT2D eigenvalue weighted by Gasteiger charge is -2.07. The van der Waals surface area contributed by atoms with Gasteiger partial charge >= 0.3 is 0 Å². The molecule has 3 nitrogen and oxygen atoms in total. The first-order chi connectivity index (χ1) is 8.60. The molecule has 0 saturated carbocycles. The van der Waals surface area contributed by atoms with Crippen LogP contribution in [0, 0.1) is 5.82 Å². The summed E-state index contributed by atoms with van der Waals surface area (Å²) in [7, 11) is 1.88. The fourth-order valence-corrected chi connectivity index (χ4v) is 2.13. The molecule has 0 saturated heterocycles. The van der Waals surface area contributed by atoms with Gasteiger partial charge in [-0.3, -0.25) is 4.68 Å². The summed E-state index contributed by atoms with van der Waals surface area (Å²) >= 11 is 3.24. The Hall–Kier alpha value is -1.36. The molecule has 1 aromatic heterocycles. The Morgan fingerprint density at radius 2 is 2.22 bits per heavy atom. The number of nitrogens with zero attached hydrogens (tertiary/aromatic N) is 2. The van der Waals surface area contributed by atoms with E-state index in [4.69, 9.17) is 0 Å². The van der Waals surface area contributed by atoms with E-state index >= 15 is 0 Å². The summed E-state index contributed by atoms with van der Waals surface area (Å²) in [5.74, 6) is -0.209. The smallest absolute Gasteiger partial charge is 0.129 e. The van der Waals surface area contributed by atoms with Crippen LogP contribution < -0.4 is 5.32 Å². The number of anilines is 1. The van der Waals surface area contributed by atoms with Crippen LogP contribution >= 0.6 is 15.9 Å². The van der Waals surface area contributed by atoms with Crippen molar-refractivity contribution in [3.8, 4) is 0 Å². The van der Waals surface area contributed by atoms with Gasteiger partial charge in [-0.05, 0) is 18.6 Å². The number of halogens is 2. The Labute approximate surface area is 114 Å². The first-order valence-corrected chi connectivity index (χ1v) is 6.59. The van der Waals surface area contributed by atoms with Gasteiger partial charge in [-0.1, -0.05) is 28.9 Å². The molecule has 5 heteroatoms. The lowest BCUT2D eigenvalue weighted by atomic mass is 10.2. The lowest BCUT2D eigenvalue weighted by Crippen LogP contribution is -2.02. The average molecular weight is 312 g/mol. The van der Waals surface area contributed by atoms with Crippen LogP contribution in [0.3, 0.4) is 0 Å². The van der Waals surface area contributed by atoms with Crippen molar-refractivity contribution >= 4 is 21.6 Å². The van der Waals surface area contributed by atoms with Gasteiger partial charge in [0.15, 0.2) is 0 Å². The highest BCUT2D eigenvalue weighted by Crippen LogP contribution is 2.18. The minimum Gasteiger partial charge on any atom is -0.378 e. The summed E-state index contributed by atoms with van der Waals surface area (Å²) in [5, 5.41) is 7.55. The van der Waals surface area contributed by atoms with Gasteiger partial charge in [0, 0.05) is 29.8 Å². The van der Waals surface area contributed by atoms with E-state index in [-0.39, 0.29) is 5.82 Å². The molecule has 0 aliphatic rings. The van der Waals surface area contributed by atoms with Crippen molar-refractivity contribution in [1.82, 2.24) is 9.78 Å². The standard InChI is InChI=1S/C13H15BrFN3/c1-3-12-13(8-18(2)17-12)16-7-9-4-5-10(14)6-11(9)15/h4-6,8,16H,3,7H2,1-2H3. The molecule has 1 aromatic carbocycles. The molecule has 96 valence electrons. The highest BCUT2D eigenvalue weighted by molar-refractivity contribution is 9.10. The van der Waals surface area contributed by atoms with Crippen LogP contribution in [0.4, 0.5) is 10.1 Å². The van der Waals surface area contributed by atoms with Gasteiger partial charge in [-0.2, -0.15) is 5.10 Å². The molecule has 1 N–H and O–H groups in total. The van der Waals surface area contributed by atoms with E-state index in [1.54, 1.807) is 10.7 Å². The molecule has 0 unspecified atom stereocenters. The Bertz CT molecular complexity index is 551. The number of hydrogen-bond donors (Lipinski definition) is 1. The van der Waals surface area contributed by atoms with E-state index in [0.29, 0.717) is 12.1 Å². The maximum atomic E-state index is 13.6. The fourth-order valence-electron chi connectivity index (χ4n) is 1.80. The molecular weight excluding hydrogens is 297 g/mol. The van der Waals surface area contributed by atoms with Gasteiger partial charge in [-0.15, -0.1) is 0 Å².